The lowest BCUT2D eigenvalue weighted by Crippen LogP contribution is -2.42. The summed E-state index contributed by atoms with van der Waals surface area (Å²) in [6.07, 6.45) is 7.31. The SMILES string of the molecule is Nc1ccccc1-n1c(SC2CCC2)nc2c(c1=O)CN(C(=O)CCNCCCCCOc1ccc(F)cc1)CC2. The van der Waals surface area contributed by atoms with Crippen LogP contribution in [-0.2, 0) is 17.8 Å². The maximum Gasteiger partial charge on any atom is 0.264 e. The van der Waals surface area contributed by atoms with Crippen molar-refractivity contribution in [2.24, 2.45) is 0 Å². The van der Waals surface area contributed by atoms with E-state index < -0.39 is 0 Å². The average Bonchev–Trinajstić information content (AvgIpc) is 2.95. The number of carbonyl (C=O) groups excluding carboxylic acids is 1. The van der Waals surface area contributed by atoms with Crippen molar-refractivity contribution >= 4 is 23.4 Å². The van der Waals surface area contributed by atoms with Crippen LogP contribution >= 0.6 is 11.8 Å². The number of para-hydroxylation sites is 2. The van der Waals surface area contributed by atoms with Gasteiger partial charge in [0.15, 0.2) is 5.16 Å². The third kappa shape index (κ3) is 7.48. The number of nitrogens with zero attached hydrogens (tertiary/aromatic N) is 3. The first kappa shape index (κ1) is 29.1. The van der Waals surface area contributed by atoms with Gasteiger partial charge in [-0.05, 0) is 75.0 Å². The molecule has 0 unspecified atom stereocenters. The molecule has 2 aliphatic rings. The Labute approximate surface area is 244 Å². The van der Waals surface area contributed by atoms with Crippen LogP contribution in [-0.4, -0.2) is 51.8 Å². The zero-order valence-electron chi connectivity index (χ0n) is 23.3. The Balaban J connectivity index is 1.10. The lowest BCUT2D eigenvalue weighted by atomic mass is 10.0. The van der Waals surface area contributed by atoms with Crippen LogP contribution in [0, 0.1) is 5.82 Å². The van der Waals surface area contributed by atoms with Crippen LogP contribution in [0.1, 0.15) is 56.2 Å². The van der Waals surface area contributed by atoms with Gasteiger partial charge >= 0.3 is 0 Å². The van der Waals surface area contributed by atoms with Gasteiger partial charge in [-0.2, -0.15) is 0 Å². The van der Waals surface area contributed by atoms with E-state index in [0.717, 1.165) is 44.3 Å². The fraction of sp³-hybridized carbons (Fsp3) is 0.452. The summed E-state index contributed by atoms with van der Waals surface area (Å²) in [5, 5.41) is 4.52. The molecule has 2 heterocycles. The Hall–Kier alpha value is -3.37. The van der Waals surface area contributed by atoms with E-state index in [1.54, 1.807) is 39.4 Å². The van der Waals surface area contributed by atoms with Crippen LogP contribution in [0.3, 0.4) is 0 Å². The van der Waals surface area contributed by atoms with Crippen LogP contribution < -0.4 is 21.3 Å². The molecule has 8 nitrogen and oxygen atoms in total. The number of rotatable bonds is 13. The summed E-state index contributed by atoms with van der Waals surface area (Å²) in [6, 6.07) is 13.4. The number of fused-ring (bicyclic) bond motifs is 1. The van der Waals surface area contributed by atoms with Crippen LogP contribution in [0.5, 0.6) is 5.75 Å². The predicted octanol–water partition coefficient (Wildman–Crippen LogP) is 4.71. The van der Waals surface area contributed by atoms with Gasteiger partial charge in [-0.25, -0.2) is 9.37 Å². The number of nitrogen functional groups attached to an aromatic ring is 1. The molecule has 0 spiro atoms. The van der Waals surface area contributed by atoms with E-state index in [9.17, 15) is 14.0 Å². The average molecular weight is 580 g/mol. The Morgan fingerprint density at radius 2 is 1.90 bits per heavy atom. The molecule has 0 atom stereocenters. The number of thioether (sulfide) groups is 1. The molecule has 3 N–H and O–H groups in total. The molecule has 0 radical (unpaired) electrons. The number of halogens is 1. The topological polar surface area (TPSA) is 102 Å². The molecule has 1 aliphatic carbocycles. The summed E-state index contributed by atoms with van der Waals surface area (Å²) in [6.45, 7) is 2.84. The van der Waals surface area contributed by atoms with E-state index >= 15 is 0 Å². The van der Waals surface area contributed by atoms with Gasteiger partial charge in [0.1, 0.15) is 11.6 Å². The van der Waals surface area contributed by atoms with Crippen LogP contribution in [0.15, 0.2) is 58.5 Å². The van der Waals surface area contributed by atoms with Gasteiger partial charge in [-0.1, -0.05) is 30.3 Å². The van der Waals surface area contributed by atoms with Crippen molar-refractivity contribution in [3.05, 3.63) is 76.0 Å². The first-order valence-corrected chi connectivity index (χ1v) is 15.4. The summed E-state index contributed by atoms with van der Waals surface area (Å²) in [5.41, 5.74) is 8.70. The highest BCUT2D eigenvalue weighted by Crippen LogP contribution is 2.37. The van der Waals surface area contributed by atoms with Crippen LogP contribution in [0.2, 0.25) is 0 Å². The molecule has 0 saturated heterocycles. The quantitative estimate of drug-likeness (QED) is 0.172. The number of hydrogen-bond donors (Lipinski definition) is 2. The van der Waals surface area contributed by atoms with E-state index in [2.05, 4.69) is 5.32 Å². The van der Waals surface area contributed by atoms with E-state index in [4.69, 9.17) is 15.5 Å². The van der Waals surface area contributed by atoms with Gasteiger partial charge in [0.25, 0.3) is 5.56 Å². The maximum absolute atomic E-state index is 13.8. The first-order chi connectivity index (χ1) is 20.0. The molecular weight excluding hydrogens is 541 g/mol. The Kier molecular flexibility index (Phi) is 9.95. The molecule has 1 aromatic heterocycles. The van der Waals surface area contributed by atoms with E-state index in [1.165, 1.54) is 18.6 Å². The van der Waals surface area contributed by atoms with Gasteiger partial charge in [0.2, 0.25) is 5.91 Å². The number of nitrogens with two attached hydrogens (primary N) is 1. The number of hydrogen-bond acceptors (Lipinski definition) is 7. The summed E-state index contributed by atoms with van der Waals surface area (Å²) < 4.78 is 20.2. The third-order valence-corrected chi connectivity index (χ3v) is 8.94. The molecule has 5 rings (SSSR count). The van der Waals surface area contributed by atoms with Crippen LogP contribution in [0.25, 0.3) is 5.69 Å². The van der Waals surface area contributed by atoms with E-state index in [-0.39, 0.29) is 23.8 Å². The van der Waals surface area contributed by atoms with Gasteiger partial charge < -0.3 is 20.7 Å². The third-order valence-electron chi connectivity index (χ3n) is 7.65. The van der Waals surface area contributed by atoms with E-state index in [1.807, 2.05) is 18.2 Å². The Bertz CT molecular complexity index is 1390. The van der Waals surface area contributed by atoms with Crippen molar-refractivity contribution in [1.29, 1.82) is 0 Å². The molecule has 218 valence electrons. The summed E-state index contributed by atoms with van der Waals surface area (Å²) in [4.78, 5) is 33.5. The normalized spacial score (nSPS) is 14.9. The zero-order valence-corrected chi connectivity index (χ0v) is 24.1. The van der Waals surface area contributed by atoms with Crippen molar-refractivity contribution in [3.63, 3.8) is 0 Å². The highest BCUT2D eigenvalue weighted by molar-refractivity contribution is 7.99. The molecule has 2 aromatic carbocycles. The van der Waals surface area contributed by atoms with Crippen molar-refractivity contribution in [2.45, 2.75) is 68.3 Å². The number of nitrogens with one attached hydrogen (secondary N) is 1. The lowest BCUT2D eigenvalue weighted by Gasteiger charge is -2.30. The summed E-state index contributed by atoms with van der Waals surface area (Å²) in [5.74, 6) is 0.442. The molecule has 1 saturated carbocycles. The minimum atomic E-state index is -0.270. The van der Waals surface area contributed by atoms with E-state index in [0.29, 0.717) is 65.6 Å². The lowest BCUT2D eigenvalue weighted by molar-refractivity contribution is -0.132. The Morgan fingerprint density at radius 1 is 1.10 bits per heavy atom. The number of amides is 1. The molecular formula is C31H38FN5O3S. The second-order valence-electron chi connectivity index (χ2n) is 10.6. The van der Waals surface area contributed by atoms with Gasteiger partial charge in [-0.15, -0.1) is 0 Å². The fourth-order valence-corrected chi connectivity index (χ4v) is 6.33. The molecule has 1 amide bonds. The largest absolute Gasteiger partial charge is 0.494 e. The van der Waals surface area contributed by atoms with Crippen LogP contribution in [0.4, 0.5) is 10.1 Å². The maximum atomic E-state index is 13.8. The number of anilines is 1. The minimum Gasteiger partial charge on any atom is -0.494 e. The molecule has 1 aliphatic heterocycles. The van der Waals surface area contributed by atoms with Gasteiger partial charge in [0.05, 0.1) is 35.8 Å². The number of benzene rings is 2. The van der Waals surface area contributed by atoms with Gasteiger partial charge in [-0.3, -0.25) is 14.2 Å². The summed E-state index contributed by atoms with van der Waals surface area (Å²) in [7, 11) is 0. The first-order valence-electron chi connectivity index (χ1n) is 14.5. The smallest absolute Gasteiger partial charge is 0.264 e. The number of carbonyl (C=O) groups is 1. The standard InChI is InChI=1S/C31H38FN5O3S/c32-22-11-13-23(14-12-22)40-20-5-1-4-17-34-18-15-29(38)36-19-16-27-25(21-36)30(39)37(28-10-3-2-9-26(28)33)31(35-27)41-24-7-6-8-24/h2-3,9-14,24,34H,1,4-8,15-21,33H2. The van der Waals surface area contributed by atoms with Crippen molar-refractivity contribution < 1.29 is 13.9 Å². The highest BCUT2D eigenvalue weighted by atomic mass is 32.2. The van der Waals surface area contributed by atoms with Gasteiger partial charge in [0, 0.05) is 31.2 Å². The second-order valence-corrected chi connectivity index (χ2v) is 11.9. The molecule has 0 bridgehead atoms. The molecule has 3 aromatic rings. The second kappa shape index (κ2) is 14.0. The fourth-order valence-electron chi connectivity index (χ4n) is 5.02. The molecule has 41 heavy (non-hydrogen) atoms. The molecule has 1 fully saturated rings. The monoisotopic (exact) mass is 579 g/mol. The minimum absolute atomic E-state index is 0.0361. The molecule has 10 heteroatoms. The van der Waals surface area contributed by atoms with Crippen molar-refractivity contribution in [2.75, 3.05) is 32.0 Å². The zero-order chi connectivity index (χ0) is 28.6. The highest BCUT2D eigenvalue weighted by Gasteiger charge is 2.29. The number of aromatic nitrogens is 2. The summed E-state index contributed by atoms with van der Waals surface area (Å²) >= 11 is 1.66. The number of unbranched alkanes of at least 4 members (excludes halogenated alkanes) is 2. The number of ether oxygens (including phenoxy) is 1. The predicted molar refractivity (Wildman–Crippen MR) is 160 cm³/mol. The van der Waals surface area contributed by atoms with Crippen molar-refractivity contribution in [3.8, 4) is 11.4 Å². The Morgan fingerprint density at radius 3 is 2.66 bits per heavy atom. The van der Waals surface area contributed by atoms with Crippen molar-refractivity contribution in [1.82, 2.24) is 19.8 Å².